The van der Waals surface area contributed by atoms with E-state index in [1.54, 1.807) is 4.90 Å². The van der Waals surface area contributed by atoms with Crippen LogP contribution in [-0.2, 0) is 10.2 Å². The highest BCUT2D eigenvalue weighted by molar-refractivity contribution is 6.32. The van der Waals surface area contributed by atoms with E-state index in [9.17, 15) is 14.7 Å². The van der Waals surface area contributed by atoms with Crippen LogP contribution in [0.25, 0.3) is 16.9 Å². The average Bonchev–Trinajstić information content (AvgIpc) is 3.26. The van der Waals surface area contributed by atoms with E-state index in [-0.39, 0.29) is 5.91 Å². The number of halogens is 2. The Bertz CT molecular complexity index is 1450. The monoisotopic (exact) mass is 532 g/mol. The number of hydrogen-bond acceptors (Lipinski definition) is 2. The van der Waals surface area contributed by atoms with E-state index in [4.69, 9.17) is 23.2 Å². The number of para-hydroxylation sites is 1. The van der Waals surface area contributed by atoms with Crippen molar-refractivity contribution in [3.63, 3.8) is 0 Å². The molecule has 7 heteroatoms. The van der Waals surface area contributed by atoms with Gasteiger partial charge in [-0.3, -0.25) is 9.59 Å². The topological polar surface area (TPSA) is 62.5 Å². The van der Waals surface area contributed by atoms with E-state index in [2.05, 4.69) is 0 Å². The van der Waals surface area contributed by atoms with Crippen LogP contribution in [0.5, 0.6) is 0 Å². The van der Waals surface area contributed by atoms with Crippen LogP contribution < -0.4 is 0 Å². The van der Waals surface area contributed by atoms with Gasteiger partial charge in [-0.25, -0.2) is 0 Å². The standard InChI is InChI=1S/C30H26Cl2N2O3/c1-20-24(28(35)33-17-15-30(16-18-33,29(36)37)22-7-3-2-4-8-22)19-34(26-10-6-5-9-25(26)32)27(20)21-11-13-23(31)14-12-21/h2-14,19H,15-18H2,1H3,(H,36,37). The van der Waals surface area contributed by atoms with Crippen molar-refractivity contribution in [2.24, 2.45) is 0 Å². The normalized spacial score (nSPS) is 14.9. The van der Waals surface area contributed by atoms with Gasteiger partial charge < -0.3 is 14.6 Å². The summed E-state index contributed by atoms with van der Waals surface area (Å²) in [5.74, 6) is -0.970. The number of rotatable bonds is 5. The first-order valence-electron chi connectivity index (χ1n) is 12.1. The van der Waals surface area contributed by atoms with Crippen LogP contribution in [0.3, 0.4) is 0 Å². The second-order valence-corrected chi connectivity index (χ2v) is 10.2. The predicted molar refractivity (Wildman–Crippen MR) is 147 cm³/mol. The van der Waals surface area contributed by atoms with Crippen molar-refractivity contribution in [3.8, 4) is 16.9 Å². The highest BCUT2D eigenvalue weighted by Gasteiger charge is 2.44. The van der Waals surface area contributed by atoms with Crippen molar-refractivity contribution in [2.75, 3.05) is 13.1 Å². The number of carboxylic acid groups (broad SMARTS) is 1. The molecule has 5 rings (SSSR count). The largest absolute Gasteiger partial charge is 0.481 e. The highest BCUT2D eigenvalue weighted by atomic mass is 35.5. The van der Waals surface area contributed by atoms with Gasteiger partial charge in [-0.05, 0) is 60.7 Å². The lowest BCUT2D eigenvalue weighted by Crippen LogP contribution is -2.49. The minimum absolute atomic E-state index is 0.120. The van der Waals surface area contributed by atoms with E-state index >= 15 is 0 Å². The lowest BCUT2D eigenvalue weighted by atomic mass is 9.72. The lowest BCUT2D eigenvalue weighted by molar-refractivity contribution is -0.145. The second-order valence-electron chi connectivity index (χ2n) is 9.39. The van der Waals surface area contributed by atoms with Crippen LogP contribution in [0.15, 0.2) is 85.1 Å². The molecule has 1 aromatic heterocycles. The Kier molecular flexibility index (Phi) is 6.84. The first-order chi connectivity index (χ1) is 17.8. The van der Waals surface area contributed by atoms with Crippen molar-refractivity contribution in [1.82, 2.24) is 9.47 Å². The zero-order chi connectivity index (χ0) is 26.2. The molecule has 0 saturated carbocycles. The zero-order valence-corrected chi connectivity index (χ0v) is 21.8. The molecular formula is C30H26Cl2N2O3. The van der Waals surface area contributed by atoms with Gasteiger partial charge in [0, 0.05) is 24.3 Å². The number of benzene rings is 3. The summed E-state index contributed by atoms with van der Waals surface area (Å²) in [6, 6.07) is 24.3. The molecule has 0 unspecified atom stereocenters. The molecule has 2 heterocycles. The van der Waals surface area contributed by atoms with E-state index in [0.29, 0.717) is 41.5 Å². The maximum atomic E-state index is 13.8. The molecule has 5 nitrogen and oxygen atoms in total. The summed E-state index contributed by atoms with van der Waals surface area (Å²) in [5, 5.41) is 11.3. The van der Waals surface area contributed by atoms with Crippen molar-refractivity contribution >= 4 is 35.1 Å². The molecule has 0 spiro atoms. The molecule has 0 aliphatic carbocycles. The minimum atomic E-state index is -0.995. The van der Waals surface area contributed by atoms with Crippen LogP contribution in [-0.4, -0.2) is 39.5 Å². The number of likely N-dealkylation sites (tertiary alicyclic amines) is 1. The summed E-state index contributed by atoms with van der Waals surface area (Å²) in [5.41, 5.74) is 3.70. The third-order valence-electron chi connectivity index (χ3n) is 7.36. The molecule has 37 heavy (non-hydrogen) atoms. The summed E-state index contributed by atoms with van der Waals surface area (Å²) < 4.78 is 1.95. The molecule has 0 atom stereocenters. The predicted octanol–water partition coefficient (Wildman–Crippen LogP) is 7.02. The summed E-state index contributed by atoms with van der Waals surface area (Å²) in [6.45, 7) is 2.64. The minimum Gasteiger partial charge on any atom is -0.481 e. The number of carbonyl (C=O) groups excluding carboxylic acids is 1. The number of amides is 1. The Balaban J connectivity index is 1.51. The number of hydrogen-bond donors (Lipinski definition) is 1. The fraction of sp³-hybridized carbons (Fsp3) is 0.200. The van der Waals surface area contributed by atoms with Gasteiger partial charge in [0.05, 0.1) is 27.4 Å². The lowest BCUT2D eigenvalue weighted by Gasteiger charge is -2.39. The third kappa shape index (κ3) is 4.54. The van der Waals surface area contributed by atoms with Gasteiger partial charge in [0.2, 0.25) is 0 Å². The van der Waals surface area contributed by atoms with Crippen molar-refractivity contribution < 1.29 is 14.7 Å². The maximum absolute atomic E-state index is 13.8. The Hall–Kier alpha value is -3.54. The smallest absolute Gasteiger partial charge is 0.314 e. The van der Waals surface area contributed by atoms with Gasteiger partial charge in [0.15, 0.2) is 0 Å². The SMILES string of the molecule is Cc1c(C(=O)N2CCC(C(=O)O)(c3ccccc3)CC2)cn(-c2ccccc2Cl)c1-c1ccc(Cl)cc1. The van der Waals surface area contributed by atoms with E-state index in [1.165, 1.54) is 0 Å². The molecule has 188 valence electrons. The first-order valence-corrected chi connectivity index (χ1v) is 12.9. The van der Waals surface area contributed by atoms with Crippen LogP contribution in [0, 0.1) is 6.92 Å². The molecule has 1 fully saturated rings. The average molecular weight is 533 g/mol. The fourth-order valence-electron chi connectivity index (χ4n) is 5.26. The number of aliphatic carboxylic acids is 1. The second kappa shape index (κ2) is 10.1. The van der Waals surface area contributed by atoms with E-state index in [0.717, 1.165) is 28.1 Å². The van der Waals surface area contributed by atoms with Crippen molar-refractivity contribution in [3.05, 3.63) is 112 Å². The van der Waals surface area contributed by atoms with E-state index in [1.807, 2.05) is 96.6 Å². The molecule has 0 radical (unpaired) electrons. The number of aromatic nitrogens is 1. The third-order valence-corrected chi connectivity index (χ3v) is 7.93. The van der Waals surface area contributed by atoms with Crippen molar-refractivity contribution in [2.45, 2.75) is 25.2 Å². The summed E-state index contributed by atoms with van der Waals surface area (Å²) in [4.78, 5) is 27.9. The number of carbonyl (C=O) groups is 2. The highest BCUT2D eigenvalue weighted by Crippen LogP contribution is 2.38. The van der Waals surface area contributed by atoms with E-state index < -0.39 is 11.4 Å². The summed E-state index contributed by atoms with van der Waals surface area (Å²) in [7, 11) is 0. The Morgan fingerprint density at radius 2 is 1.49 bits per heavy atom. The molecule has 1 aliphatic heterocycles. The zero-order valence-electron chi connectivity index (χ0n) is 20.3. The number of nitrogens with zero attached hydrogens (tertiary/aromatic N) is 2. The molecular weight excluding hydrogens is 507 g/mol. The van der Waals surface area contributed by atoms with Gasteiger partial charge in [0.1, 0.15) is 0 Å². The Morgan fingerprint density at radius 3 is 2.11 bits per heavy atom. The number of carboxylic acids is 1. The summed E-state index contributed by atoms with van der Waals surface area (Å²) in [6.07, 6.45) is 2.54. The molecule has 1 aliphatic rings. The quantitative estimate of drug-likeness (QED) is 0.300. The molecule has 3 aromatic carbocycles. The van der Waals surface area contributed by atoms with Gasteiger partial charge in [-0.15, -0.1) is 0 Å². The molecule has 1 N–H and O–H groups in total. The molecule has 1 amide bonds. The van der Waals surface area contributed by atoms with Crippen LogP contribution in [0.2, 0.25) is 10.0 Å². The molecule has 0 bridgehead atoms. The molecule has 1 saturated heterocycles. The molecule has 4 aromatic rings. The Labute approximate surface area is 225 Å². The van der Waals surface area contributed by atoms with Crippen LogP contribution in [0.1, 0.15) is 34.3 Å². The van der Waals surface area contributed by atoms with Crippen LogP contribution in [0.4, 0.5) is 0 Å². The maximum Gasteiger partial charge on any atom is 0.314 e. The van der Waals surface area contributed by atoms with Crippen molar-refractivity contribution in [1.29, 1.82) is 0 Å². The van der Waals surface area contributed by atoms with Gasteiger partial charge in [-0.1, -0.05) is 77.8 Å². The van der Waals surface area contributed by atoms with Crippen LogP contribution >= 0.6 is 23.2 Å². The summed E-state index contributed by atoms with van der Waals surface area (Å²) >= 11 is 12.7. The van der Waals surface area contributed by atoms with Gasteiger partial charge in [0.25, 0.3) is 5.91 Å². The van der Waals surface area contributed by atoms with Gasteiger partial charge >= 0.3 is 5.97 Å². The number of piperidine rings is 1. The Morgan fingerprint density at radius 1 is 0.865 bits per heavy atom. The van der Waals surface area contributed by atoms with Gasteiger partial charge in [-0.2, -0.15) is 0 Å². The fourth-order valence-corrected chi connectivity index (χ4v) is 5.61. The first kappa shape index (κ1) is 25.1.